The van der Waals surface area contributed by atoms with Gasteiger partial charge in [-0.3, -0.25) is 14.9 Å². The fourth-order valence-corrected chi connectivity index (χ4v) is 2.93. The number of nitrogens with one attached hydrogen (secondary N) is 1. The van der Waals surface area contributed by atoms with E-state index in [-0.39, 0.29) is 18.0 Å². The number of esters is 1. The van der Waals surface area contributed by atoms with Crippen LogP contribution in [0.2, 0.25) is 0 Å². The molecule has 1 aromatic rings. The van der Waals surface area contributed by atoms with Gasteiger partial charge in [-0.15, -0.1) is 10.2 Å². The largest absolute Gasteiger partial charge is 0.469 e. The maximum atomic E-state index is 12.0. The molecule has 0 radical (unpaired) electrons. The molecule has 1 fully saturated rings. The van der Waals surface area contributed by atoms with Crippen LogP contribution >= 0.6 is 11.3 Å². The second-order valence-corrected chi connectivity index (χ2v) is 6.04. The van der Waals surface area contributed by atoms with E-state index in [9.17, 15) is 9.59 Å². The van der Waals surface area contributed by atoms with Crippen LogP contribution in [0.4, 0.5) is 5.13 Å². The summed E-state index contributed by atoms with van der Waals surface area (Å²) >= 11 is 1.30. The number of methoxy groups -OCH3 is 1. The number of hydrogen-bond donors (Lipinski definition) is 2. The number of carbonyl (C=O) groups is 2. The molecule has 0 bridgehead atoms. The van der Waals surface area contributed by atoms with Gasteiger partial charge >= 0.3 is 5.97 Å². The number of amides is 1. The van der Waals surface area contributed by atoms with Gasteiger partial charge in [0.2, 0.25) is 5.13 Å². The zero-order valence-corrected chi connectivity index (χ0v) is 13.2. The number of aryl methyl sites for hydroxylation is 1. The molecule has 2 heterocycles. The number of nitrogens with two attached hydrogens (primary N) is 1. The first-order valence-corrected chi connectivity index (χ1v) is 7.99. The van der Waals surface area contributed by atoms with Gasteiger partial charge < -0.3 is 15.2 Å². The highest BCUT2D eigenvalue weighted by Crippen LogP contribution is 2.22. The quantitative estimate of drug-likeness (QED) is 0.699. The van der Waals surface area contributed by atoms with E-state index in [1.165, 1.54) is 18.4 Å². The van der Waals surface area contributed by atoms with Crippen LogP contribution in [0.25, 0.3) is 0 Å². The molecule has 1 aliphatic heterocycles. The highest BCUT2D eigenvalue weighted by Gasteiger charge is 2.30. The number of nitrogens with zero attached hydrogens (tertiary/aromatic N) is 2. The first-order valence-electron chi connectivity index (χ1n) is 7.18. The van der Waals surface area contributed by atoms with Crippen molar-refractivity contribution in [2.24, 2.45) is 5.73 Å². The predicted octanol–water partition coefficient (Wildman–Crippen LogP) is 0.479. The van der Waals surface area contributed by atoms with Gasteiger partial charge in [0.15, 0.2) is 0 Å². The van der Waals surface area contributed by atoms with Crippen molar-refractivity contribution in [1.82, 2.24) is 10.2 Å². The summed E-state index contributed by atoms with van der Waals surface area (Å²) in [6, 6.07) is 0. The molecule has 1 aromatic heterocycles. The molecule has 3 N–H and O–H groups in total. The Balaban J connectivity index is 1.77. The minimum absolute atomic E-state index is 0.0425. The Morgan fingerprint density at radius 2 is 2.27 bits per heavy atom. The smallest absolute Gasteiger partial charge is 0.305 e. The summed E-state index contributed by atoms with van der Waals surface area (Å²) in [5.74, 6) is -0.459. The minimum Gasteiger partial charge on any atom is -0.469 e. The van der Waals surface area contributed by atoms with Crippen LogP contribution in [0.3, 0.4) is 0 Å². The van der Waals surface area contributed by atoms with Crippen LogP contribution in [0, 0.1) is 0 Å². The van der Waals surface area contributed by atoms with Crippen molar-refractivity contribution < 1.29 is 19.1 Å². The number of carbonyl (C=O) groups excluding carboxylic acids is 2. The third kappa shape index (κ3) is 4.72. The summed E-state index contributed by atoms with van der Waals surface area (Å²) in [5, 5.41) is 11.8. The lowest BCUT2D eigenvalue weighted by Crippen LogP contribution is -2.29. The third-order valence-corrected chi connectivity index (χ3v) is 4.26. The lowest BCUT2D eigenvalue weighted by atomic mass is 10.2. The first-order chi connectivity index (χ1) is 10.6. The third-order valence-electron chi connectivity index (χ3n) is 3.36. The minimum atomic E-state index is -0.472. The van der Waals surface area contributed by atoms with Gasteiger partial charge in [0.1, 0.15) is 11.1 Å². The van der Waals surface area contributed by atoms with E-state index < -0.39 is 6.10 Å². The van der Waals surface area contributed by atoms with E-state index in [0.717, 1.165) is 11.4 Å². The van der Waals surface area contributed by atoms with E-state index in [2.05, 4.69) is 20.3 Å². The van der Waals surface area contributed by atoms with Gasteiger partial charge in [0.25, 0.3) is 5.91 Å². The Morgan fingerprint density at radius 3 is 2.95 bits per heavy atom. The van der Waals surface area contributed by atoms with E-state index in [4.69, 9.17) is 10.5 Å². The topological polar surface area (TPSA) is 116 Å². The van der Waals surface area contributed by atoms with Crippen molar-refractivity contribution in [2.75, 3.05) is 19.0 Å². The van der Waals surface area contributed by atoms with Gasteiger partial charge in [0.05, 0.1) is 13.2 Å². The molecule has 2 rings (SSSR count). The number of rotatable bonds is 7. The molecule has 9 heteroatoms. The summed E-state index contributed by atoms with van der Waals surface area (Å²) < 4.78 is 10.1. The Morgan fingerprint density at radius 1 is 1.45 bits per heavy atom. The number of ether oxygens (including phenoxy) is 2. The second kappa shape index (κ2) is 8.16. The molecule has 0 aromatic carbocycles. The van der Waals surface area contributed by atoms with Crippen molar-refractivity contribution in [3.8, 4) is 0 Å². The van der Waals surface area contributed by atoms with E-state index in [1.54, 1.807) is 0 Å². The fraction of sp³-hybridized carbons (Fsp3) is 0.692. The normalized spacial score (nSPS) is 20.8. The van der Waals surface area contributed by atoms with Crippen LogP contribution < -0.4 is 11.1 Å². The highest BCUT2D eigenvalue weighted by molar-refractivity contribution is 7.15. The van der Waals surface area contributed by atoms with Crippen molar-refractivity contribution in [3.05, 3.63) is 5.01 Å². The molecule has 22 heavy (non-hydrogen) atoms. The van der Waals surface area contributed by atoms with Crippen LogP contribution in [-0.4, -0.2) is 47.9 Å². The Kier molecular flexibility index (Phi) is 6.22. The fourth-order valence-electron chi connectivity index (χ4n) is 2.15. The van der Waals surface area contributed by atoms with E-state index in [1.807, 2.05) is 0 Å². The first kappa shape index (κ1) is 16.8. The molecular weight excluding hydrogens is 308 g/mol. The molecule has 0 spiro atoms. The Labute approximate surface area is 132 Å². The van der Waals surface area contributed by atoms with Gasteiger partial charge in [-0.05, 0) is 19.3 Å². The van der Waals surface area contributed by atoms with Crippen LogP contribution in [0.15, 0.2) is 0 Å². The number of aromatic nitrogens is 2. The average molecular weight is 328 g/mol. The van der Waals surface area contributed by atoms with Crippen LogP contribution in [0.5, 0.6) is 0 Å². The summed E-state index contributed by atoms with van der Waals surface area (Å²) in [6.45, 7) is 0.424. The Hall–Kier alpha value is -1.58. The molecular formula is C13H20N4O4S. The monoisotopic (exact) mass is 328 g/mol. The second-order valence-electron chi connectivity index (χ2n) is 4.98. The standard InChI is InChI=1S/C13H20N4O4S/c1-20-11(18)4-2-3-10-16-17-13(22-10)15-12(19)9-6-5-8(7-14)21-9/h8-9H,2-7,14H2,1H3,(H,15,17,19)/t8-,9+/m1/s1. The highest BCUT2D eigenvalue weighted by atomic mass is 32.1. The van der Waals surface area contributed by atoms with Crippen molar-refractivity contribution in [3.63, 3.8) is 0 Å². The molecule has 1 saturated heterocycles. The molecule has 0 aliphatic carbocycles. The van der Waals surface area contributed by atoms with E-state index >= 15 is 0 Å². The van der Waals surface area contributed by atoms with Gasteiger partial charge in [-0.1, -0.05) is 11.3 Å². The maximum Gasteiger partial charge on any atom is 0.305 e. The van der Waals surface area contributed by atoms with Gasteiger partial charge in [0, 0.05) is 19.4 Å². The number of anilines is 1. The lowest BCUT2D eigenvalue weighted by molar-refractivity contribution is -0.140. The molecule has 8 nitrogen and oxygen atoms in total. The van der Waals surface area contributed by atoms with Crippen molar-refractivity contribution >= 4 is 28.3 Å². The van der Waals surface area contributed by atoms with Crippen LogP contribution in [0.1, 0.15) is 30.7 Å². The summed E-state index contributed by atoms with van der Waals surface area (Å²) in [6.07, 6.45) is 2.55. The maximum absolute atomic E-state index is 12.0. The lowest BCUT2D eigenvalue weighted by Gasteiger charge is -2.10. The van der Waals surface area contributed by atoms with Crippen molar-refractivity contribution in [2.45, 2.75) is 44.3 Å². The summed E-state index contributed by atoms with van der Waals surface area (Å²) in [5.41, 5.74) is 5.52. The van der Waals surface area contributed by atoms with Gasteiger partial charge in [-0.25, -0.2) is 0 Å². The molecule has 0 unspecified atom stereocenters. The number of hydrogen-bond acceptors (Lipinski definition) is 8. The van der Waals surface area contributed by atoms with Gasteiger partial charge in [-0.2, -0.15) is 0 Å². The molecule has 1 amide bonds. The average Bonchev–Trinajstić information content (AvgIpc) is 3.16. The van der Waals surface area contributed by atoms with E-state index in [0.29, 0.717) is 37.4 Å². The molecule has 122 valence electrons. The predicted molar refractivity (Wildman–Crippen MR) is 80.4 cm³/mol. The zero-order chi connectivity index (χ0) is 15.9. The molecule has 0 saturated carbocycles. The van der Waals surface area contributed by atoms with Crippen molar-refractivity contribution in [1.29, 1.82) is 0 Å². The SMILES string of the molecule is COC(=O)CCCc1nnc(NC(=O)[C@@H]2CC[C@H](CN)O2)s1. The Bertz CT molecular complexity index is 522. The summed E-state index contributed by atoms with van der Waals surface area (Å²) in [4.78, 5) is 23.0. The summed E-state index contributed by atoms with van der Waals surface area (Å²) in [7, 11) is 1.36. The van der Waals surface area contributed by atoms with Crippen LogP contribution in [-0.2, 0) is 25.5 Å². The molecule has 1 aliphatic rings. The zero-order valence-electron chi connectivity index (χ0n) is 12.4. The molecule has 2 atom stereocenters.